The SMILES string of the molecule is CCNc1cc(NC2(CO)CCC2)nc(COCC)n1. The normalized spacial score (nSPS) is 16.6. The van der Waals surface area contributed by atoms with Gasteiger partial charge in [-0.15, -0.1) is 0 Å². The first kappa shape index (κ1) is 15.0. The zero-order valence-electron chi connectivity index (χ0n) is 12.3. The quantitative estimate of drug-likeness (QED) is 0.673. The van der Waals surface area contributed by atoms with Gasteiger partial charge in [0.25, 0.3) is 0 Å². The van der Waals surface area contributed by atoms with Crippen LogP contribution in [0.5, 0.6) is 0 Å². The Hall–Kier alpha value is -1.40. The molecule has 1 aliphatic rings. The van der Waals surface area contributed by atoms with Gasteiger partial charge in [0.2, 0.25) is 0 Å². The average Bonchev–Trinajstić information content (AvgIpc) is 2.41. The van der Waals surface area contributed by atoms with E-state index in [0.717, 1.165) is 37.4 Å². The topological polar surface area (TPSA) is 79.3 Å². The maximum atomic E-state index is 9.54. The van der Waals surface area contributed by atoms with Crippen LogP contribution in [0.15, 0.2) is 6.07 Å². The van der Waals surface area contributed by atoms with Crippen molar-refractivity contribution in [3.63, 3.8) is 0 Å². The summed E-state index contributed by atoms with van der Waals surface area (Å²) in [5.74, 6) is 2.19. The van der Waals surface area contributed by atoms with Crippen molar-refractivity contribution in [2.45, 2.75) is 45.3 Å². The van der Waals surface area contributed by atoms with Crippen LogP contribution in [-0.4, -0.2) is 40.4 Å². The van der Waals surface area contributed by atoms with Crippen molar-refractivity contribution in [1.29, 1.82) is 0 Å². The molecule has 2 rings (SSSR count). The van der Waals surface area contributed by atoms with Crippen LogP contribution in [0.4, 0.5) is 11.6 Å². The number of nitrogens with zero attached hydrogens (tertiary/aromatic N) is 2. The highest BCUT2D eigenvalue weighted by atomic mass is 16.5. The second kappa shape index (κ2) is 6.85. The van der Waals surface area contributed by atoms with Gasteiger partial charge in [-0.05, 0) is 33.1 Å². The van der Waals surface area contributed by atoms with E-state index < -0.39 is 0 Å². The van der Waals surface area contributed by atoms with Gasteiger partial charge in [-0.3, -0.25) is 0 Å². The van der Waals surface area contributed by atoms with Crippen LogP contribution in [0.25, 0.3) is 0 Å². The molecule has 0 amide bonds. The molecule has 1 aromatic rings. The molecule has 6 heteroatoms. The van der Waals surface area contributed by atoms with Gasteiger partial charge in [-0.25, -0.2) is 9.97 Å². The molecule has 1 heterocycles. The molecular weight excluding hydrogens is 256 g/mol. The highest BCUT2D eigenvalue weighted by Crippen LogP contribution is 2.34. The Morgan fingerprint density at radius 1 is 1.30 bits per heavy atom. The molecule has 0 atom stereocenters. The minimum atomic E-state index is -0.208. The van der Waals surface area contributed by atoms with Crippen molar-refractivity contribution < 1.29 is 9.84 Å². The van der Waals surface area contributed by atoms with E-state index in [0.29, 0.717) is 19.0 Å². The predicted molar refractivity (Wildman–Crippen MR) is 78.8 cm³/mol. The molecule has 6 nitrogen and oxygen atoms in total. The predicted octanol–water partition coefficient (Wildman–Crippen LogP) is 1.77. The minimum Gasteiger partial charge on any atom is -0.394 e. The summed E-state index contributed by atoms with van der Waals surface area (Å²) in [5, 5.41) is 16.1. The van der Waals surface area contributed by atoms with E-state index in [1.165, 1.54) is 0 Å². The maximum Gasteiger partial charge on any atom is 0.158 e. The molecule has 1 saturated carbocycles. The fraction of sp³-hybridized carbons (Fsp3) is 0.714. The summed E-state index contributed by atoms with van der Waals surface area (Å²) in [6, 6.07) is 1.88. The van der Waals surface area contributed by atoms with Crippen molar-refractivity contribution in [2.75, 3.05) is 30.4 Å². The van der Waals surface area contributed by atoms with E-state index in [9.17, 15) is 5.11 Å². The van der Waals surface area contributed by atoms with E-state index in [1.54, 1.807) is 0 Å². The Morgan fingerprint density at radius 2 is 2.05 bits per heavy atom. The molecule has 0 aliphatic heterocycles. The number of ether oxygens (including phenoxy) is 1. The van der Waals surface area contributed by atoms with Gasteiger partial charge in [-0.2, -0.15) is 0 Å². The number of aromatic nitrogens is 2. The molecular formula is C14H24N4O2. The summed E-state index contributed by atoms with van der Waals surface area (Å²) >= 11 is 0. The Kier molecular flexibility index (Phi) is 5.14. The fourth-order valence-electron chi connectivity index (χ4n) is 2.29. The highest BCUT2D eigenvalue weighted by molar-refractivity contribution is 5.49. The third-order valence-corrected chi connectivity index (χ3v) is 3.57. The second-order valence-electron chi connectivity index (χ2n) is 5.14. The van der Waals surface area contributed by atoms with Crippen LogP contribution < -0.4 is 10.6 Å². The van der Waals surface area contributed by atoms with E-state index in [4.69, 9.17) is 4.74 Å². The molecule has 1 fully saturated rings. The van der Waals surface area contributed by atoms with Crippen molar-refractivity contribution in [3.05, 3.63) is 11.9 Å². The van der Waals surface area contributed by atoms with Crippen LogP contribution in [0, 0.1) is 0 Å². The Balaban J connectivity index is 2.15. The van der Waals surface area contributed by atoms with Crippen LogP contribution in [0.3, 0.4) is 0 Å². The number of anilines is 2. The summed E-state index contributed by atoms with van der Waals surface area (Å²) in [4.78, 5) is 8.88. The number of hydrogen-bond acceptors (Lipinski definition) is 6. The zero-order chi connectivity index (χ0) is 14.4. The van der Waals surface area contributed by atoms with E-state index >= 15 is 0 Å². The van der Waals surface area contributed by atoms with Crippen LogP contribution in [0.1, 0.15) is 38.9 Å². The lowest BCUT2D eigenvalue weighted by molar-refractivity contribution is 0.128. The Bertz CT molecular complexity index is 430. The molecule has 3 N–H and O–H groups in total. The first-order valence-electron chi connectivity index (χ1n) is 7.30. The molecule has 1 aliphatic carbocycles. The number of aliphatic hydroxyl groups excluding tert-OH is 1. The monoisotopic (exact) mass is 280 g/mol. The van der Waals surface area contributed by atoms with Crippen molar-refractivity contribution >= 4 is 11.6 Å². The third-order valence-electron chi connectivity index (χ3n) is 3.57. The standard InChI is InChI=1S/C14H24N4O2/c1-3-15-11-8-12(17-13(16-11)9-20-4-2)18-14(10-19)6-5-7-14/h8,19H,3-7,9-10H2,1-2H3,(H2,15,16,17,18). The van der Waals surface area contributed by atoms with Crippen molar-refractivity contribution in [2.24, 2.45) is 0 Å². The van der Waals surface area contributed by atoms with Gasteiger partial charge in [0.15, 0.2) is 5.82 Å². The molecule has 112 valence electrons. The van der Waals surface area contributed by atoms with E-state index in [2.05, 4.69) is 20.6 Å². The van der Waals surface area contributed by atoms with Crippen molar-refractivity contribution in [1.82, 2.24) is 9.97 Å². The lowest BCUT2D eigenvalue weighted by Crippen LogP contribution is -2.48. The lowest BCUT2D eigenvalue weighted by Gasteiger charge is -2.41. The largest absolute Gasteiger partial charge is 0.394 e. The molecule has 0 unspecified atom stereocenters. The molecule has 0 spiro atoms. The van der Waals surface area contributed by atoms with Gasteiger partial charge in [0, 0.05) is 19.2 Å². The lowest BCUT2D eigenvalue weighted by atomic mass is 9.77. The van der Waals surface area contributed by atoms with Gasteiger partial charge in [0.1, 0.15) is 18.2 Å². The minimum absolute atomic E-state index is 0.133. The summed E-state index contributed by atoms with van der Waals surface area (Å²) in [5.41, 5.74) is -0.208. The van der Waals surface area contributed by atoms with Crippen molar-refractivity contribution in [3.8, 4) is 0 Å². The summed E-state index contributed by atoms with van der Waals surface area (Å²) < 4.78 is 5.37. The Labute approximate surface area is 120 Å². The number of aliphatic hydroxyl groups is 1. The molecule has 1 aromatic heterocycles. The fourth-order valence-corrected chi connectivity index (χ4v) is 2.29. The molecule has 0 saturated heterocycles. The highest BCUT2D eigenvalue weighted by Gasteiger charge is 2.36. The van der Waals surface area contributed by atoms with Crippen LogP contribution in [-0.2, 0) is 11.3 Å². The van der Waals surface area contributed by atoms with Gasteiger partial charge in [0.05, 0.1) is 12.1 Å². The van der Waals surface area contributed by atoms with Gasteiger partial charge < -0.3 is 20.5 Å². The number of nitrogens with one attached hydrogen (secondary N) is 2. The van der Waals surface area contributed by atoms with E-state index in [1.807, 2.05) is 19.9 Å². The van der Waals surface area contributed by atoms with E-state index in [-0.39, 0.29) is 12.1 Å². The van der Waals surface area contributed by atoms with Gasteiger partial charge in [-0.1, -0.05) is 0 Å². The second-order valence-corrected chi connectivity index (χ2v) is 5.14. The van der Waals surface area contributed by atoms with Crippen LogP contribution >= 0.6 is 0 Å². The first-order valence-corrected chi connectivity index (χ1v) is 7.30. The summed E-state index contributed by atoms with van der Waals surface area (Å²) in [6.07, 6.45) is 3.10. The van der Waals surface area contributed by atoms with Gasteiger partial charge >= 0.3 is 0 Å². The zero-order valence-corrected chi connectivity index (χ0v) is 12.3. The molecule has 20 heavy (non-hydrogen) atoms. The molecule has 0 bridgehead atoms. The first-order chi connectivity index (χ1) is 9.71. The average molecular weight is 280 g/mol. The molecule has 0 radical (unpaired) electrons. The maximum absolute atomic E-state index is 9.54. The number of rotatable bonds is 8. The smallest absolute Gasteiger partial charge is 0.158 e. The summed E-state index contributed by atoms with van der Waals surface area (Å²) in [7, 11) is 0. The number of hydrogen-bond donors (Lipinski definition) is 3. The Morgan fingerprint density at radius 3 is 2.60 bits per heavy atom. The summed E-state index contributed by atoms with van der Waals surface area (Å²) in [6.45, 7) is 5.94. The van der Waals surface area contributed by atoms with Crippen LogP contribution in [0.2, 0.25) is 0 Å². The molecule has 0 aromatic carbocycles. The third kappa shape index (κ3) is 3.58.